The van der Waals surface area contributed by atoms with Gasteiger partial charge in [0.2, 0.25) is 0 Å². The molecule has 1 unspecified atom stereocenters. The quantitative estimate of drug-likeness (QED) is 0.699. The maximum atomic E-state index is 3.68. The molecule has 0 fully saturated rings. The largest absolute Gasteiger partial charge is 0.205 e. The monoisotopic (exact) mass is 268 g/mol. The highest BCUT2D eigenvalue weighted by Gasteiger charge is 1.98. The molecule has 0 aliphatic carbocycles. The molecule has 0 saturated heterocycles. The number of aromatic nitrogens is 1. The first-order valence-electron chi connectivity index (χ1n) is 7.37. The first kappa shape index (κ1) is 16.2. The van der Waals surface area contributed by atoms with E-state index in [-0.39, 0.29) is 0 Å². The average Bonchev–Trinajstić information content (AvgIpc) is 2.55. The molecule has 2 rings (SSSR count). The normalized spacial score (nSPS) is 11.2. The molecule has 1 atom stereocenters. The summed E-state index contributed by atoms with van der Waals surface area (Å²) in [6.07, 6.45) is 7.18. The van der Waals surface area contributed by atoms with Gasteiger partial charge < -0.3 is 0 Å². The van der Waals surface area contributed by atoms with Gasteiger partial charge in [-0.05, 0) is 30.4 Å². The Morgan fingerprint density at radius 1 is 1.05 bits per heavy atom. The van der Waals surface area contributed by atoms with E-state index in [1.54, 1.807) is 0 Å². The van der Waals surface area contributed by atoms with Crippen molar-refractivity contribution in [1.29, 1.82) is 0 Å². The third-order valence-electron chi connectivity index (χ3n) is 3.50. The molecule has 0 spiro atoms. The maximum Gasteiger partial charge on any atom is 0.169 e. The van der Waals surface area contributed by atoms with Crippen molar-refractivity contribution >= 4 is 6.08 Å². The number of rotatable bonds is 4. The average molecular weight is 268 g/mol. The van der Waals surface area contributed by atoms with Crippen LogP contribution in [-0.4, -0.2) is 0 Å². The van der Waals surface area contributed by atoms with Gasteiger partial charge in [0.05, 0.1) is 0 Å². The van der Waals surface area contributed by atoms with Crippen molar-refractivity contribution in [2.75, 3.05) is 0 Å². The van der Waals surface area contributed by atoms with Gasteiger partial charge in [-0.2, -0.15) is 0 Å². The van der Waals surface area contributed by atoms with E-state index < -0.39 is 0 Å². The predicted molar refractivity (Wildman–Crippen MR) is 87.6 cm³/mol. The molecule has 2 aromatic rings. The molecule has 0 aliphatic heterocycles. The van der Waals surface area contributed by atoms with Crippen LogP contribution in [0.1, 0.15) is 44.2 Å². The molecule has 0 radical (unpaired) electrons. The van der Waals surface area contributed by atoms with E-state index in [0.29, 0.717) is 5.92 Å². The van der Waals surface area contributed by atoms with Crippen LogP contribution in [-0.2, 0) is 6.54 Å². The molecule has 0 saturated carbocycles. The van der Waals surface area contributed by atoms with Gasteiger partial charge >= 0.3 is 0 Å². The fourth-order valence-corrected chi connectivity index (χ4v) is 1.83. The lowest BCUT2D eigenvalue weighted by Gasteiger charge is -2.06. The summed E-state index contributed by atoms with van der Waals surface area (Å²) in [5.74, 6) is 0.709. The van der Waals surface area contributed by atoms with Gasteiger partial charge in [0.1, 0.15) is 6.54 Å². The Balaban J connectivity index is 0.000000200. The number of hydrogen-bond donors (Lipinski definition) is 0. The Hall–Kier alpha value is -1.89. The van der Waals surface area contributed by atoms with Crippen molar-refractivity contribution in [2.24, 2.45) is 0 Å². The van der Waals surface area contributed by atoms with E-state index in [1.807, 2.05) is 6.08 Å². The number of benzene rings is 1. The van der Waals surface area contributed by atoms with Crippen LogP contribution in [0.15, 0.2) is 61.4 Å². The molecule has 20 heavy (non-hydrogen) atoms. The van der Waals surface area contributed by atoms with E-state index in [2.05, 4.69) is 86.8 Å². The fraction of sp³-hybridized carbons (Fsp3) is 0.316. The Bertz CT molecular complexity index is 485. The Morgan fingerprint density at radius 3 is 2.10 bits per heavy atom. The lowest BCUT2D eigenvalue weighted by atomic mass is 9.99. The minimum atomic E-state index is 0.709. The van der Waals surface area contributed by atoms with E-state index in [0.717, 1.165) is 6.54 Å². The van der Waals surface area contributed by atoms with Crippen LogP contribution in [0.2, 0.25) is 0 Å². The van der Waals surface area contributed by atoms with Gasteiger partial charge in [-0.1, -0.05) is 56.8 Å². The van der Waals surface area contributed by atoms with Crippen LogP contribution in [0.5, 0.6) is 0 Å². The molecule has 0 amide bonds. The van der Waals surface area contributed by atoms with Gasteiger partial charge in [0.15, 0.2) is 12.4 Å². The van der Waals surface area contributed by atoms with Gasteiger partial charge in [0.25, 0.3) is 0 Å². The van der Waals surface area contributed by atoms with Crippen molar-refractivity contribution in [2.45, 2.75) is 39.7 Å². The molecule has 0 N–H and O–H groups in total. The second-order valence-electron chi connectivity index (χ2n) is 4.89. The summed E-state index contributed by atoms with van der Waals surface area (Å²) in [5.41, 5.74) is 2.62. The first-order chi connectivity index (χ1) is 9.71. The van der Waals surface area contributed by atoms with Crippen LogP contribution >= 0.6 is 0 Å². The zero-order valence-corrected chi connectivity index (χ0v) is 12.9. The topological polar surface area (TPSA) is 3.88 Å². The van der Waals surface area contributed by atoms with E-state index in [4.69, 9.17) is 0 Å². The van der Waals surface area contributed by atoms with Crippen molar-refractivity contribution in [3.05, 3.63) is 72.6 Å². The molecule has 1 heteroatoms. The van der Waals surface area contributed by atoms with Crippen molar-refractivity contribution < 1.29 is 4.57 Å². The second kappa shape index (κ2) is 9.08. The van der Waals surface area contributed by atoms with E-state index in [1.165, 1.54) is 17.5 Å². The second-order valence-corrected chi connectivity index (χ2v) is 4.89. The predicted octanol–water partition coefficient (Wildman–Crippen LogP) is 4.84. The van der Waals surface area contributed by atoms with Crippen LogP contribution in [0.25, 0.3) is 6.08 Å². The molecule has 1 aromatic carbocycles. The molecule has 0 aliphatic rings. The third kappa shape index (κ3) is 5.40. The van der Waals surface area contributed by atoms with Gasteiger partial charge in [0, 0.05) is 12.1 Å². The van der Waals surface area contributed by atoms with Crippen LogP contribution < -0.4 is 4.57 Å². The van der Waals surface area contributed by atoms with Crippen LogP contribution in [0.3, 0.4) is 0 Å². The third-order valence-corrected chi connectivity index (χ3v) is 3.50. The minimum absolute atomic E-state index is 0.709. The number of nitrogens with zero attached hydrogens (tertiary/aromatic N) is 1. The Labute approximate surface area is 123 Å². The van der Waals surface area contributed by atoms with Crippen molar-refractivity contribution in [3.8, 4) is 0 Å². The number of pyridine rings is 1. The maximum absolute atomic E-state index is 3.68. The lowest BCUT2D eigenvalue weighted by Crippen LogP contribution is -2.30. The Morgan fingerprint density at radius 2 is 1.65 bits per heavy atom. The zero-order valence-electron chi connectivity index (χ0n) is 12.9. The SMILES string of the molecule is C=Cc1cc[n+](CC)cc1.CCC(C)c1ccccc1. The number of hydrogen-bond acceptors (Lipinski definition) is 0. The smallest absolute Gasteiger partial charge is 0.169 e. The Kier molecular flexibility index (Phi) is 7.34. The summed E-state index contributed by atoms with van der Waals surface area (Å²) in [5, 5.41) is 0. The summed E-state index contributed by atoms with van der Waals surface area (Å²) in [6.45, 7) is 11.3. The van der Waals surface area contributed by atoms with E-state index >= 15 is 0 Å². The van der Waals surface area contributed by atoms with Crippen LogP contribution in [0, 0.1) is 0 Å². The summed E-state index contributed by atoms with van der Waals surface area (Å²) < 4.78 is 2.12. The molecule has 1 nitrogen and oxygen atoms in total. The summed E-state index contributed by atoms with van der Waals surface area (Å²) in [4.78, 5) is 0. The van der Waals surface area contributed by atoms with Gasteiger partial charge in [-0.3, -0.25) is 0 Å². The fourth-order valence-electron chi connectivity index (χ4n) is 1.83. The highest BCUT2D eigenvalue weighted by Crippen LogP contribution is 2.16. The summed E-state index contributed by atoms with van der Waals surface area (Å²) in [7, 11) is 0. The molecule has 1 aromatic heterocycles. The van der Waals surface area contributed by atoms with Crippen LogP contribution in [0.4, 0.5) is 0 Å². The molecule has 0 bridgehead atoms. The summed E-state index contributed by atoms with van der Waals surface area (Å²) >= 11 is 0. The standard InChI is InChI=1S/C10H14.C9H12N/c1-3-9(2)10-7-5-4-6-8-10;1-3-9-5-7-10(4-2)8-6-9/h4-9H,3H2,1-2H3;3,5-8H,1,4H2,2H3/q;+1. The van der Waals surface area contributed by atoms with Gasteiger partial charge in [-0.15, -0.1) is 0 Å². The first-order valence-corrected chi connectivity index (χ1v) is 7.37. The van der Waals surface area contributed by atoms with Crippen molar-refractivity contribution in [1.82, 2.24) is 0 Å². The van der Waals surface area contributed by atoms with Gasteiger partial charge in [-0.25, -0.2) is 4.57 Å². The minimum Gasteiger partial charge on any atom is -0.205 e. The van der Waals surface area contributed by atoms with Crippen molar-refractivity contribution in [3.63, 3.8) is 0 Å². The molecule has 106 valence electrons. The number of aryl methyl sites for hydroxylation is 1. The highest BCUT2D eigenvalue weighted by molar-refractivity contribution is 5.44. The molecular formula is C19H26N+. The zero-order chi connectivity index (χ0) is 14.8. The highest BCUT2D eigenvalue weighted by atomic mass is 14.9. The summed E-state index contributed by atoms with van der Waals surface area (Å²) in [6, 6.07) is 14.7. The molecular weight excluding hydrogens is 242 g/mol. The molecule has 1 heterocycles. The van der Waals surface area contributed by atoms with E-state index in [9.17, 15) is 0 Å². The lowest BCUT2D eigenvalue weighted by molar-refractivity contribution is -0.693.